The fraction of sp³-hybridized carbons (Fsp3) is 0.115. The number of hydrogen-bond donors (Lipinski definition) is 2. The number of anilines is 2. The zero-order valence-electron chi connectivity index (χ0n) is 18.2. The Morgan fingerprint density at radius 1 is 0.879 bits per heavy atom. The monoisotopic (exact) mass is 459 g/mol. The molecule has 0 saturated heterocycles. The molecule has 3 aromatic rings. The van der Waals surface area contributed by atoms with Crippen LogP contribution in [0.15, 0.2) is 83.5 Å². The summed E-state index contributed by atoms with van der Waals surface area (Å²) in [5.41, 5.74) is 4.16. The minimum Gasteiger partial charge on any atom is -0.350 e. The van der Waals surface area contributed by atoms with Gasteiger partial charge in [0.2, 0.25) is 0 Å². The Kier molecular flexibility index (Phi) is 6.29. The van der Waals surface area contributed by atoms with Crippen LogP contribution in [0.1, 0.15) is 27.0 Å². The van der Waals surface area contributed by atoms with E-state index in [9.17, 15) is 14.4 Å². The summed E-state index contributed by atoms with van der Waals surface area (Å²) in [6, 6.07) is 21.7. The van der Waals surface area contributed by atoms with E-state index in [1.165, 1.54) is 0 Å². The zero-order chi connectivity index (χ0) is 23.5. The third kappa shape index (κ3) is 4.81. The number of nitrogens with zero attached hydrogens (tertiary/aromatic N) is 1. The van der Waals surface area contributed by atoms with Crippen molar-refractivity contribution < 1.29 is 14.4 Å². The van der Waals surface area contributed by atoms with Crippen LogP contribution in [0.4, 0.5) is 11.4 Å². The van der Waals surface area contributed by atoms with Crippen molar-refractivity contribution in [3.63, 3.8) is 0 Å². The molecule has 4 rings (SSSR count). The van der Waals surface area contributed by atoms with Gasteiger partial charge in [0.25, 0.3) is 17.7 Å². The lowest BCUT2D eigenvalue weighted by Crippen LogP contribution is -2.32. The van der Waals surface area contributed by atoms with Crippen molar-refractivity contribution in [2.45, 2.75) is 20.4 Å². The average Bonchev–Trinajstić information content (AvgIpc) is 3.01. The summed E-state index contributed by atoms with van der Waals surface area (Å²) in [6.07, 6.45) is 0. The highest BCUT2D eigenvalue weighted by Gasteiger charge is 2.39. The fourth-order valence-corrected chi connectivity index (χ4v) is 3.90. The van der Waals surface area contributed by atoms with Gasteiger partial charge in [-0.2, -0.15) is 0 Å². The molecule has 33 heavy (non-hydrogen) atoms. The van der Waals surface area contributed by atoms with Crippen LogP contribution in [0, 0.1) is 13.8 Å². The van der Waals surface area contributed by atoms with Crippen LogP contribution in [-0.4, -0.2) is 17.7 Å². The second-order valence-electron chi connectivity index (χ2n) is 7.85. The van der Waals surface area contributed by atoms with E-state index < -0.39 is 11.8 Å². The van der Waals surface area contributed by atoms with Gasteiger partial charge in [0.1, 0.15) is 10.7 Å². The molecule has 0 spiro atoms. The second-order valence-corrected chi connectivity index (χ2v) is 8.23. The van der Waals surface area contributed by atoms with Crippen LogP contribution in [0.5, 0.6) is 0 Å². The van der Waals surface area contributed by atoms with Gasteiger partial charge in [0, 0.05) is 17.8 Å². The maximum Gasteiger partial charge on any atom is 0.283 e. The Morgan fingerprint density at radius 3 is 2.27 bits per heavy atom. The van der Waals surface area contributed by atoms with Crippen molar-refractivity contribution in [1.82, 2.24) is 5.32 Å². The van der Waals surface area contributed by atoms with Crippen molar-refractivity contribution in [2.75, 3.05) is 10.2 Å². The van der Waals surface area contributed by atoms with E-state index in [0.29, 0.717) is 23.5 Å². The molecule has 0 atom stereocenters. The van der Waals surface area contributed by atoms with Gasteiger partial charge < -0.3 is 10.6 Å². The number of amides is 3. The molecule has 0 saturated carbocycles. The Morgan fingerprint density at radius 2 is 1.58 bits per heavy atom. The molecule has 1 heterocycles. The average molecular weight is 460 g/mol. The lowest BCUT2D eigenvalue weighted by atomic mass is 10.1. The topological polar surface area (TPSA) is 78.5 Å². The quantitative estimate of drug-likeness (QED) is 0.525. The van der Waals surface area contributed by atoms with Crippen LogP contribution in [0.25, 0.3) is 0 Å². The predicted octanol–water partition coefficient (Wildman–Crippen LogP) is 4.67. The maximum absolute atomic E-state index is 13.1. The molecule has 0 unspecified atom stereocenters. The first-order chi connectivity index (χ1) is 15.8. The highest BCUT2D eigenvalue weighted by Crippen LogP contribution is 2.31. The molecule has 3 aromatic carbocycles. The predicted molar refractivity (Wildman–Crippen MR) is 129 cm³/mol. The lowest BCUT2D eigenvalue weighted by molar-refractivity contribution is -0.120. The Bertz CT molecular complexity index is 1260. The smallest absolute Gasteiger partial charge is 0.283 e. The molecule has 1 aliphatic rings. The molecule has 0 aliphatic carbocycles. The molecule has 0 aromatic heterocycles. The van der Waals surface area contributed by atoms with Crippen LogP contribution in [0.2, 0.25) is 0 Å². The number of benzene rings is 3. The number of carbonyl (C=O) groups is 3. The summed E-state index contributed by atoms with van der Waals surface area (Å²) >= 11 is 6.24. The standard InChI is InChI=1S/C26H22ClN3O3/c1-16-11-17(2)13-21(12-16)30-25(32)22(27)23(26(30)33)29-20-10-6-9-19(14-20)24(31)28-15-18-7-4-3-5-8-18/h3-14,29H,15H2,1-2H3,(H,28,31). The fourth-order valence-electron chi connectivity index (χ4n) is 3.69. The summed E-state index contributed by atoms with van der Waals surface area (Å²) in [7, 11) is 0. The number of rotatable bonds is 6. The summed E-state index contributed by atoms with van der Waals surface area (Å²) < 4.78 is 0. The zero-order valence-corrected chi connectivity index (χ0v) is 18.9. The van der Waals surface area contributed by atoms with E-state index in [1.54, 1.807) is 36.4 Å². The summed E-state index contributed by atoms with van der Waals surface area (Å²) in [6.45, 7) is 4.18. The normalized spacial score (nSPS) is 13.5. The van der Waals surface area contributed by atoms with E-state index in [4.69, 9.17) is 11.6 Å². The van der Waals surface area contributed by atoms with Gasteiger partial charge in [0.05, 0.1) is 5.69 Å². The van der Waals surface area contributed by atoms with E-state index in [1.807, 2.05) is 50.2 Å². The Labute approximate surface area is 196 Å². The minimum absolute atomic E-state index is 0.0253. The molecular weight excluding hydrogens is 438 g/mol. The van der Waals surface area contributed by atoms with Crippen molar-refractivity contribution in [2.24, 2.45) is 0 Å². The highest BCUT2D eigenvalue weighted by molar-refractivity contribution is 6.53. The summed E-state index contributed by atoms with van der Waals surface area (Å²) in [4.78, 5) is 39.4. The third-order valence-electron chi connectivity index (χ3n) is 5.18. The summed E-state index contributed by atoms with van der Waals surface area (Å²) in [5, 5.41) is 5.59. The number of imide groups is 1. The van der Waals surface area contributed by atoms with Gasteiger partial charge in [-0.25, -0.2) is 4.90 Å². The first-order valence-corrected chi connectivity index (χ1v) is 10.8. The van der Waals surface area contributed by atoms with Crippen molar-refractivity contribution in [3.05, 3.63) is 106 Å². The number of aryl methyl sites for hydroxylation is 2. The Hall–Kier alpha value is -3.90. The van der Waals surface area contributed by atoms with Crippen LogP contribution in [-0.2, 0) is 16.1 Å². The van der Waals surface area contributed by atoms with Gasteiger partial charge in [0.15, 0.2) is 0 Å². The van der Waals surface area contributed by atoms with Crippen LogP contribution >= 0.6 is 11.6 Å². The Balaban J connectivity index is 1.51. The molecule has 7 heteroatoms. The number of carbonyl (C=O) groups excluding carboxylic acids is 3. The van der Waals surface area contributed by atoms with E-state index in [2.05, 4.69) is 10.6 Å². The van der Waals surface area contributed by atoms with Gasteiger partial charge in [-0.1, -0.05) is 54.1 Å². The van der Waals surface area contributed by atoms with Crippen LogP contribution in [0.3, 0.4) is 0 Å². The molecule has 0 bridgehead atoms. The SMILES string of the molecule is Cc1cc(C)cc(N2C(=O)C(Cl)=C(Nc3cccc(C(=O)NCc4ccccc4)c3)C2=O)c1. The van der Waals surface area contributed by atoms with Crippen molar-refractivity contribution in [1.29, 1.82) is 0 Å². The van der Waals surface area contributed by atoms with Crippen molar-refractivity contribution in [3.8, 4) is 0 Å². The first-order valence-electron chi connectivity index (χ1n) is 10.4. The minimum atomic E-state index is -0.592. The second kappa shape index (κ2) is 9.30. The number of halogens is 1. The van der Waals surface area contributed by atoms with Gasteiger partial charge in [-0.3, -0.25) is 14.4 Å². The van der Waals surface area contributed by atoms with E-state index in [0.717, 1.165) is 21.6 Å². The third-order valence-corrected chi connectivity index (χ3v) is 5.53. The van der Waals surface area contributed by atoms with Gasteiger partial charge in [-0.15, -0.1) is 0 Å². The molecule has 2 N–H and O–H groups in total. The molecule has 6 nitrogen and oxygen atoms in total. The van der Waals surface area contributed by atoms with Gasteiger partial charge in [-0.05, 0) is 60.9 Å². The van der Waals surface area contributed by atoms with Gasteiger partial charge >= 0.3 is 0 Å². The first kappa shape index (κ1) is 22.3. The molecule has 3 amide bonds. The molecule has 1 aliphatic heterocycles. The van der Waals surface area contributed by atoms with E-state index in [-0.39, 0.29) is 16.6 Å². The lowest BCUT2D eigenvalue weighted by Gasteiger charge is -2.16. The highest BCUT2D eigenvalue weighted by atomic mass is 35.5. The van der Waals surface area contributed by atoms with Crippen molar-refractivity contribution >= 4 is 40.7 Å². The van der Waals surface area contributed by atoms with Crippen LogP contribution < -0.4 is 15.5 Å². The number of nitrogens with one attached hydrogen (secondary N) is 2. The summed E-state index contributed by atoms with van der Waals surface area (Å²) in [5.74, 6) is -1.40. The molecule has 0 fully saturated rings. The molecule has 166 valence electrons. The largest absolute Gasteiger partial charge is 0.350 e. The molecular formula is C26H22ClN3O3. The number of hydrogen-bond acceptors (Lipinski definition) is 4. The molecule has 0 radical (unpaired) electrons. The maximum atomic E-state index is 13.1. The van der Waals surface area contributed by atoms with E-state index >= 15 is 0 Å².